The maximum atomic E-state index is 4.35. The number of pyridine rings is 1. The van der Waals surface area contributed by atoms with Gasteiger partial charge in [0.1, 0.15) is 0 Å². The molecular weight excluding hydrogens is 208 g/mol. The van der Waals surface area contributed by atoms with Crippen LogP contribution in [0.4, 0.5) is 0 Å². The van der Waals surface area contributed by atoms with Gasteiger partial charge in [-0.2, -0.15) is 0 Å². The van der Waals surface area contributed by atoms with E-state index in [-0.39, 0.29) is 0 Å². The van der Waals surface area contributed by atoms with E-state index in [0.29, 0.717) is 11.8 Å². The highest BCUT2D eigenvalue weighted by molar-refractivity contribution is 5.64. The third-order valence-electron chi connectivity index (χ3n) is 3.34. The molecule has 1 aliphatic rings. The molecule has 0 saturated carbocycles. The SMILES string of the molecule is CC1=CC(CCc2cncc(C)c2)C(C)C=N1. The zero-order valence-corrected chi connectivity index (χ0v) is 10.9. The number of nitrogens with zero attached hydrogens (tertiary/aromatic N) is 2. The molecule has 2 unspecified atom stereocenters. The molecule has 0 amide bonds. The van der Waals surface area contributed by atoms with E-state index in [1.807, 2.05) is 12.4 Å². The molecule has 2 heterocycles. The Morgan fingerprint density at radius 2 is 2.06 bits per heavy atom. The van der Waals surface area contributed by atoms with Crippen LogP contribution in [0.1, 0.15) is 31.4 Å². The average Bonchev–Trinajstić information content (AvgIpc) is 2.30. The number of aromatic nitrogens is 1. The van der Waals surface area contributed by atoms with Crippen molar-refractivity contribution in [3.8, 4) is 0 Å². The fourth-order valence-electron chi connectivity index (χ4n) is 2.28. The molecule has 17 heavy (non-hydrogen) atoms. The molecule has 0 aromatic carbocycles. The number of aliphatic imine (C=N–C) groups is 1. The summed E-state index contributed by atoms with van der Waals surface area (Å²) in [5.74, 6) is 1.17. The zero-order chi connectivity index (χ0) is 12.3. The van der Waals surface area contributed by atoms with Crippen molar-refractivity contribution >= 4 is 6.21 Å². The lowest BCUT2D eigenvalue weighted by molar-refractivity contribution is 0.496. The molecule has 2 nitrogen and oxygen atoms in total. The minimum absolute atomic E-state index is 0.552. The molecule has 0 spiro atoms. The Morgan fingerprint density at radius 3 is 2.82 bits per heavy atom. The molecular formula is C15H20N2. The molecule has 2 rings (SSSR count). The number of allylic oxidation sites excluding steroid dienone is 2. The molecule has 90 valence electrons. The summed E-state index contributed by atoms with van der Waals surface area (Å²) in [6.07, 6.45) is 10.5. The van der Waals surface area contributed by atoms with Crippen molar-refractivity contribution in [2.24, 2.45) is 16.8 Å². The minimum Gasteiger partial charge on any atom is -0.266 e. The molecule has 0 aliphatic carbocycles. The van der Waals surface area contributed by atoms with Crippen molar-refractivity contribution in [1.82, 2.24) is 4.98 Å². The van der Waals surface area contributed by atoms with E-state index in [9.17, 15) is 0 Å². The van der Waals surface area contributed by atoms with Crippen LogP contribution in [-0.2, 0) is 6.42 Å². The smallest absolute Gasteiger partial charge is 0.0332 e. The summed E-state index contributed by atoms with van der Waals surface area (Å²) < 4.78 is 0. The van der Waals surface area contributed by atoms with Gasteiger partial charge in [0, 0.05) is 24.3 Å². The highest BCUT2D eigenvalue weighted by atomic mass is 14.7. The van der Waals surface area contributed by atoms with Gasteiger partial charge >= 0.3 is 0 Å². The Kier molecular flexibility index (Phi) is 3.72. The summed E-state index contributed by atoms with van der Waals surface area (Å²) in [5, 5.41) is 0. The van der Waals surface area contributed by atoms with Gasteiger partial charge in [-0.3, -0.25) is 9.98 Å². The van der Waals surface area contributed by atoms with E-state index in [1.54, 1.807) is 0 Å². The Bertz CT molecular complexity index is 446. The van der Waals surface area contributed by atoms with Gasteiger partial charge < -0.3 is 0 Å². The predicted molar refractivity (Wildman–Crippen MR) is 72.2 cm³/mol. The normalized spacial score (nSPS) is 23.6. The summed E-state index contributed by atoms with van der Waals surface area (Å²) in [4.78, 5) is 8.59. The summed E-state index contributed by atoms with van der Waals surface area (Å²) in [6.45, 7) is 6.41. The van der Waals surface area contributed by atoms with Crippen molar-refractivity contribution in [2.75, 3.05) is 0 Å². The lowest BCUT2D eigenvalue weighted by Gasteiger charge is -2.21. The molecule has 0 N–H and O–H groups in total. The molecule has 0 saturated heterocycles. The monoisotopic (exact) mass is 228 g/mol. The Balaban J connectivity index is 1.96. The average molecular weight is 228 g/mol. The Hall–Kier alpha value is -1.44. The first-order valence-electron chi connectivity index (χ1n) is 6.28. The highest BCUT2D eigenvalue weighted by Gasteiger charge is 2.16. The zero-order valence-electron chi connectivity index (χ0n) is 10.9. The second-order valence-electron chi connectivity index (χ2n) is 5.02. The number of hydrogen-bond donors (Lipinski definition) is 0. The van der Waals surface area contributed by atoms with Crippen molar-refractivity contribution in [3.05, 3.63) is 41.4 Å². The molecule has 0 radical (unpaired) electrons. The second-order valence-corrected chi connectivity index (χ2v) is 5.02. The fraction of sp³-hybridized carbons (Fsp3) is 0.467. The molecule has 0 bridgehead atoms. The molecule has 1 aromatic rings. The topological polar surface area (TPSA) is 25.2 Å². The quantitative estimate of drug-likeness (QED) is 0.776. The molecule has 1 aliphatic heterocycles. The van der Waals surface area contributed by atoms with Crippen molar-refractivity contribution in [3.63, 3.8) is 0 Å². The van der Waals surface area contributed by atoms with Gasteiger partial charge in [-0.15, -0.1) is 0 Å². The Morgan fingerprint density at radius 1 is 1.24 bits per heavy atom. The van der Waals surface area contributed by atoms with E-state index in [0.717, 1.165) is 12.1 Å². The maximum Gasteiger partial charge on any atom is 0.0332 e. The fourth-order valence-corrected chi connectivity index (χ4v) is 2.28. The van der Waals surface area contributed by atoms with Gasteiger partial charge in [0.2, 0.25) is 0 Å². The molecule has 0 fully saturated rings. The van der Waals surface area contributed by atoms with Crippen LogP contribution in [0.5, 0.6) is 0 Å². The van der Waals surface area contributed by atoms with Crippen LogP contribution in [0.25, 0.3) is 0 Å². The van der Waals surface area contributed by atoms with E-state index in [4.69, 9.17) is 0 Å². The van der Waals surface area contributed by atoms with Gasteiger partial charge in [-0.25, -0.2) is 0 Å². The van der Waals surface area contributed by atoms with E-state index >= 15 is 0 Å². The molecule has 1 aromatic heterocycles. The van der Waals surface area contributed by atoms with Crippen molar-refractivity contribution in [1.29, 1.82) is 0 Å². The maximum absolute atomic E-state index is 4.35. The van der Waals surface area contributed by atoms with Gasteiger partial charge in [0.15, 0.2) is 0 Å². The third kappa shape index (κ3) is 3.26. The molecule has 2 atom stereocenters. The number of aryl methyl sites for hydroxylation is 2. The summed E-state index contributed by atoms with van der Waals surface area (Å²) in [5.41, 5.74) is 3.73. The van der Waals surface area contributed by atoms with Crippen LogP contribution in [0.15, 0.2) is 35.2 Å². The second kappa shape index (κ2) is 5.26. The van der Waals surface area contributed by atoms with Crippen LogP contribution in [-0.4, -0.2) is 11.2 Å². The van der Waals surface area contributed by atoms with Crippen LogP contribution >= 0.6 is 0 Å². The van der Waals surface area contributed by atoms with Crippen LogP contribution in [0.3, 0.4) is 0 Å². The first kappa shape index (κ1) is 12.0. The third-order valence-corrected chi connectivity index (χ3v) is 3.34. The van der Waals surface area contributed by atoms with Crippen LogP contribution in [0, 0.1) is 18.8 Å². The number of rotatable bonds is 3. The van der Waals surface area contributed by atoms with Crippen LogP contribution in [0.2, 0.25) is 0 Å². The van der Waals surface area contributed by atoms with Crippen molar-refractivity contribution in [2.45, 2.75) is 33.6 Å². The van der Waals surface area contributed by atoms with Crippen molar-refractivity contribution < 1.29 is 0 Å². The molecule has 2 heteroatoms. The van der Waals surface area contributed by atoms with Crippen LogP contribution < -0.4 is 0 Å². The van der Waals surface area contributed by atoms with E-state index in [1.165, 1.54) is 17.5 Å². The predicted octanol–water partition coefficient (Wildman–Crippen LogP) is 3.56. The Labute approximate surface area is 104 Å². The van der Waals surface area contributed by atoms with Gasteiger partial charge in [-0.1, -0.05) is 19.1 Å². The van der Waals surface area contributed by atoms with Gasteiger partial charge in [0.05, 0.1) is 0 Å². The lowest BCUT2D eigenvalue weighted by atomic mass is 9.87. The summed E-state index contributed by atoms with van der Waals surface area (Å²) >= 11 is 0. The first-order valence-corrected chi connectivity index (χ1v) is 6.28. The first-order chi connectivity index (χ1) is 8.15. The van der Waals surface area contributed by atoms with E-state index < -0.39 is 0 Å². The van der Waals surface area contributed by atoms with E-state index in [2.05, 4.69) is 49.1 Å². The van der Waals surface area contributed by atoms with Gasteiger partial charge in [-0.05, 0) is 49.7 Å². The summed E-state index contributed by atoms with van der Waals surface area (Å²) in [7, 11) is 0. The van der Waals surface area contributed by atoms with Gasteiger partial charge in [0.25, 0.3) is 0 Å². The largest absolute Gasteiger partial charge is 0.266 e. The minimum atomic E-state index is 0.552. The lowest BCUT2D eigenvalue weighted by Crippen LogP contribution is -2.15. The standard InChI is InChI=1S/C15H20N2/c1-11-6-14(10-16-8-11)4-5-15-7-13(3)17-9-12(15)2/h6-10,12,15H,4-5H2,1-3H3. The highest BCUT2D eigenvalue weighted by Crippen LogP contribution is 2.24. The number of hydrogen-bond acceptors (Lipinski definition) is 2. The summed E-state index contributed by atoms with van der Waals surface area (Å²) in [6, 6.07) is 2.23.